The summed E-state index contributed by atoms with van der Waals surface area (Å²) in [5.41, 5.74) is 10.7. The molecule has 1 aromatic rings. The summed E-state index contributed by atoms with van der Waals surface area (Å²) in [6, 6.07) is 0. The first-order chi connectivity index (χ1) is 5.72. The molecular weight excluding hydrogens is 156 g/mol. The molecule has 66 valence electrons. The van der Waals surface area contributed by atoms with Gasteiger partial charge in [-0.25, -0.2) is 0 Å². The molecule has 5 N–H and O–H groups in total. The van der Waals surface area contributed by atoms with Gasteiger partial charge in [0.2, 0.25) is 17.8 Å². The third-order valence-corrected chi connectivity index (χ3v) is 1.20. The zero-order valence-electron chi connectivity index (χ0n) is 6.91. The van der Waals surface area contributed by atoms with Crippen LogP contribution in [0.25, 0.3) is 0 Å². The quantitative estimate of drug-likeness (QED) is 0.580. The van der Waals surface area contributed by atoms with Crippen molar-refractivity contribution >= 4 is 17.8 Å². The molecule has 0 aliphatic heterocycles. The van der Waals surface area contributed by atoms with Crippen LogP contribution in [0.1, 0.15) is 13.3 Å². The Labute approximate surface area is 70.4 Å². The highest BCUT2D eigenvalue weighted by Gasteiger charge is 1.98. The lowest BCUT2D eigenvalue weighted by Crippen LogP contribution is -2.09. The van der Waals surface area contributed by atoms with E-state index in [1.807, 2.05) is 6.92 Å². The van der Waals surface area contributed by atoms with E-state index in [0.29, 0.717) is 5.95 Å². The molecule has 0 bridgehead atoms. The maximum absolute atomic E-state index is 5.35. The monoisotopic (exact) mass is 168 g/mol. The Bertz CT molecular complexity index is 240. The van der Waals surface area contributed by atoms with Gasteiger partial charge in [0.15, 0.2) is 0 Å². The fourth-order valence-electron chi connectivity index (χ4n) is 0.725. The summed E-state index contributed by atoms with van der Waals surface area (Å²) in [5.74, 6) is 0.712. The smallest absolute Gasteiger partial charge is 0.229 e. The number of nitrogens with two attached hydrogens (primary N) is 2. The molecule has 1 aromatic heterocycles. The van der Waals surface area contributed by atoms with Crippen LogP contribution >= 0.6 is 0 Å². The summed E-state index contributed by atoms with van der Waals surface area (Å²) in [6.07, 6.45) is 0.992. The number of anilines is 3. The van der Waals surface area contributed by atoms with E-state index < -0.39 is 0 Å². The molecule has 1 rings (SSSR count). The number of nitrogens with one attached hydrogen (secondary N) is 1. The highest BCUT2D eigenvalue weighted by Crippen LogP contribution is 2.02. The molecule has 0 amide bonds. The molecule has 0 saturated heterocycles. The molecule has 0 radical (unpaired) electrons. The van der Waals surface area contributed by atoms with Gasteiger partial charge in [0.25, 0.3) is 0 Å². The van der Waals surface area contributed by atoms with Crippen molar-refractivity contribution in [1.82, 2.24) is 15.0 Å². The van der Waals surface area contributed by atoms with E-state index in [4.69, 9.17) is 11.5 Å². The Morgan fingerprint density at radius 1 is 1.17 bits per heavy atom. The number of rotatable bonds is 3. The number of hydrogen-bond acceptors (Lipinski definition) is 6. The molecule has 0 aromatic carbocycles. The van der Waals surface area contributed by atoms with Gasteiger partial charge in [-0.05, 0) is 6.42 Å². The van der Waals surface area contributed by atoms with Gasteiger partial charge < -0.3 is 16.8 Å². The molecule has 6 nitrogen and oxygen atoms in total. The summed E-state index contributed by atoms with van der Waals surface area (Å²) in [6.45, 7) is 2.84. The molecular formula is C6H12N6. The molecule has 0 saturated carbocycles. The topological polar surface area (TPSA) is 103 Å². The predicted molar refractivity (Wildman–Crippen MR) is 47.4 cm³/mol. The van der Waals surface area contributed by atoms with Gasteiger partial charge >= 0.3 is 0 Å². The van der Waals surface area contributed by atoms with Crippen molar-refractivity contribution in [3.63, 3.8) is 0 Å². The Hall–Kier alpha value is -1.59. The average Bonchev–Trinajstić information content (AvgIpc) is 1.99. The molecule has 12 heavy (non-hydrogen) atoms. The third-order valence-electron chi connectivity index (χ3n) is 1.20. The van der Waals surface area contributed by atoms with Gasteiger partial charge in [-0.2, -0.15) is 15.0 Å². The van der Waals surface area contributed by atoms with E-state index in [-0.39, 0.29) is 11.9 Å². The average molecular weight is 168 g/mol. The van der Waals surface area contributed by atoms with Crippen molar-refractivity contribution in [1.29, 1.82) is 0 Å². The predicted octanol–water partition coefficient (Wildman–Crippen LogP) is -0.142. The highest BCUT2D eigenvalue weighted by atomic mass is 15.2. The fraction of sp³-hybridized carbons (Fsp3) is 0.500. The second-order valence-electron chi connectivity index (χ2n) is 2.30. The standard InChI is InChI=1S/C6H12N6/c1-2-3-9-6-11-4(7)10-5(8)12-6/h2-3H2,1H3,(H5,7,8,9,10,11,12). The van der Waals surface area contributed by atoms with Crippen LogP contribution in [0.5, 0.6) is 0 Å². The van der Waals surface area contributed by atoms with E-state index in [1.165, 1.54) is 0 Å². The first kappa shape index (κ1) is 8.51. The zero-order chi connectivity index (χ0) is 8.97. The number of nitrogens with zero attached hydrogens (tertiary/aromatic N) is 3. The van der Waals surface area contributed by atoms with Crippen LogP contribution in [0.2, 0.25) is 0 Å². The molecule has 0 spiro atoms. The molecule has 1 heterocycles. The van der Waals surface area contributed by atoms with Gasteiger partial charge in [-0.3, -0.25) is 0 Å². The van der Waals surface area contributed by atoms with Crippen LogP contribution in [0, 0.1) is 0 Å². The third kappa shape index (κ3) is 2.22. The van der Waals surface area contributed by atoms with E-state index in [0.717, 1.165) is 13.0 Å². The summed E-state index contributed by atoms with van der Waals surface area (Å²) in [7, 11) is 0. The lowest BCUT2D eigenvalue weighted by molar-refractivity contribution is 0.945. The number of hydrogen-bond donors (Lipinski definition) is 3. The highest BCUT2D eigenvalue weighted by molar-refractivity contribution is 5.36. The molecule has 0 fully saturated rings. The van der Waals surface area contributed by atoms with E-state index in [1.54, 1.807) is 0 Å². The maximum Gasteiger partial charge on any atom is 0.229 e. The minimum absolute atomic E-state index is 0.140. The van der Waals surface area contributed by atoms with Crippen molar-refractivity contribution in [2.45, 2.75) is 13.3 Å². The largest absolute Gasteiger partial charge is 0.368 e. The lowest BCUT2D eigenvalue weighted by Gasteiger charge is -2.02. The second-order valence-corrected chi connectivity index (χ2v) is 2.30. The Kier molecular flexibility index (Phi) is 2.62. The lowest BCUT2D eigenvalue weighted by atomic mass is 10.5. The molecule has 0 aliphatic rings. The minimum Gasteiger partial charge on any atom is -0.368 e. The first-order valence-corrected chi connectivity index (χ1v) is 3.73. The first-order valence-electron chi connectivity index (χ1n) is 3.73. The summed E-state index contributed by atoms with van der Waals surface area (Å²) in [4.78, 5) is 11.3. The number of nitrogen functional groups attached to an aromatic ring is 2. The Morgan fingerprint density at radius 3 is 2.25 bits per heavy atom. The van der Waals surface area contributed by atoms with Crippen molar-refractivity contribution in [3.05, 3.63) is 0 Å². The van der Waals surface area contributed by atoms with Crippen molar-refractivity contribution < 1.29 is 0 Å². The van der Waals surface area contributed by atoms with Crippen LogP contribution in [-0.2, 0) is 0 Å². The van der Waals surface area contributed by atoms with Crippen molar-refractivity contribution in [3.8, 4) is 0 Å². The van der Waals surface area contributed by atoms with Gasteiger partial charge in [-0.15, -0.1) is 0 Å². The Balaban J connectivity index is 2.72. The number of aromatic nitrogens is 3. The Morgan fingerprint density at radius 2 is 1.75 bits per heavy atom. The van der Waals surface area contributed by atoms with Crippen molar-refractivity contribution in [2.75, 3.05) is 23.3 Å². The zero-order valence-corrected chi connectivity index (χ0v) is 6.91. The van der Waals surface area contributed by atoms with Crippen LogP contribution in [0.3, 0.4) is 0 Å². The fourth-order valence-corrected chi connectivity index (χ4v) is 0.725. The molecule has 0 unspecified atom stereocenters. The normalized spacial score (nSPS) is 9.75. The second kappa shape index (κ2) is 3.70. The van der Waals surface area contributed by atoms with Crippen LogP contribution < -0.4 is 16.8 Å². The van der Waals surface area contributed by atoms with Crippen LogP contribution in [-0.4, -0.2) is 21.5 Å². The maximum atomic E-state index is 5.35. The van der Waals surface area contributed by atoms with Gasteiger partial charge in [0, 0.05) is 6.54 Å². The van der Waals surface area contributed by atoms with Crippen LogP contribution in [0.15, 0.2) is 0 Å². The van der Waals surface area contributed by atoms with E-state index >= 15 is 0 Å². The SMILES string of the molecule is CCCNc1nc(N)nc(N)n1. The van der Waals surface area contributed by atoms with Crippen molar-refractivity contribution in [2.24, 2.45) is 0 Å². The van der Waals surface area contributed by atoms with E-state index in [2.05, 4.69) is 20.3 Å². The molecule has 0 aliphatic carbocycles. The minimum atomic E-state index is 0.140. The summed E-state index contributed by atoms with van der Waals surface area (Å²) in [5, 5.41) is 2.95. The van der Waals surface area contributed by atoms with E-state index in [9.17, 15) is 0 Å². The molecule has 6 heteroatoms. The molecule has 0 atom stereocenters. The van der Waals surface area contributed by atoms with Gasteiger partial charge in [0.1, 0.15) is 0 Å². The summed E-state index contributed by atoms with van der Waals surface area (Å²) >= 11 is 0. The van der Waals surface area contributed by atoms with Crippen LogP contribution in [0.4, 0.5) is 17.8 Å². The van der Waals surface area contributed by atoms with Gasteiger partial charge in [-0.1, -0.05) is 6.92 Å². The summed E-state index contributed by atoms with van der Waals surface area (Å²) < 4.78 is 0. The van der Waals surface area contributed by atoms with Gasteiger partial charge in [0.05, 0.1) is 0 Å².